The molecule has 0 bridgehead atoms. The Kier molecular flexibility index (Phi) is 9.70. The van der Waals surface area contributed by atoms with Gasteiger partial charge < -0.3 is 10.2 Å². The van der Waals surface area contributed by atoms with E-state index in [9.17, 15) is 22.8 Å². The Labute approximate surface area is 300 Å². The van der Waals surface area contributed by atoms with Gasteiger partial charge in [0.1, 0.15) is 27.5 Å². The molecule has 16 heteroatoms. The van der Waals surface area contributed by atoms with Gasteiger partial charge in [-0.1, -0.05) is 11.6 Å². The second-order valence-electron chi connectivity index (χ2n) is 12.6. The number of hydrogen-bond donors (Lipinski definition) is 2. The van der Waals surface area contributed by atoms with E-state index in [1.54, 1.807) is 42.9 Å². The standard InChI is InChI=1S/C35H33ClF3N9O2S/c1-51-34(33(50)44-24-4-5-26-25(18-24)29(46-45-26)22-7-13-40-27(17-22)35(37,38)39)10-16-48(20-34)31(36)30(49)21-8-14-47(15-9-21)28-6-3-23(19-43-28)32-41-11-2-12-42-32/h2-7,11-13,17-19,21,31H,8-10,14-16,20H2,1H3,(H,44,50)(H,45,46)/t31?,34-/m0/s1. The number of H-pyrrole nitrogens is 1. The summed E-state index contributed by atoms with van der Waals surface area (Å²) in [6.07, 6.45) is 5.26. The molecule has 6 heterocycles. The molecular weight excluding hydrogens is 703 g/mol. The normalized spacial score (nSPS) is 19.4. The number of carbonyl (C=O) groups excluding carboxylic acids is 2. The maximum Gasteiger partial charge on any atom is 0.433 e. The number of fused-ring (bicyclic) bond motifs is 1. The number of benzene rings is 1. The first-order valence-electron chi connectivity index (χ1n) is 16.3. The second-order valence-corrected chi connectivity index (χ2v) is 14.2. The van der Waals surface area contributed by atoms with Crippen LogP contribution >= 0.6 is 23.4 Å². The average Bonchev–Trinajstić information content (AvgIpc) is 3.80. The zero-order valence-corrected chi connectivity index (χ0v) is 29.0. The highest BCUT2D eigenvalue weighted by Crippen LogP contribution is 2.39. The van der Waals surface area contributed by atoms with Gasteiger partial charge in [-0.25, -0.2) is 15.0 Å². The monoisotopic (exact) mass is 735 g/mol. The second kappa shape index (κ2) is 14.2. The molecule has 0 radical (unpaired) electrons. The van der Waals surface area contributed by atoms with Gasteiger partial charge in [-0.05, 0) is 74.0 Å². The first-order valence-corrected chi connectivity index (χ1v) is 18.0. The molecule has 0 spiro atoms. The molecule has 2 atom stereocenters. The number of carbonyl (C=O) groups is 2. The lowest BCUT2D eigenvalue weighted by Gasteiger charge is -2.34. The Balaban J connectivity index is 0.972. The number of nitrogens with one attached hydrogen (secondary N) is 2. The Morgan fingerprint density at radius 3 is 2.49 bits per heavy atom. The molecule has 2 aliphatic heterocycles. The van der Waals surface area contributed by atoms with Crippen molar-refractivity contribution in [1.29, 1.82) is 0 Å². The average molecular weight is 736 g/mol. The molecule has 2 aliphatic rings. The van der Waals surface area contributed by atoms with E-state index in [2.05, 4.69) is 40.3 Å². The smallest absolute Gasteiger partial charge is 0.357 e. The lowest BCUT2D eigenvalue weighted by atomic mass is 9.92. The van der Waals surface area contributed by atoms with Crippen LogP contribution in [0.3, 0.4) is 0 Å². The Morgan fingerprint density at radius 2 is 1.78 bits per heavy atom. The lowest BCUT2D eigenvalue weighted by Crippen LogP contribution is -2.47. The number of piperidine rings is 1. The zero-order chi connectivity index (χ0) is 35.8. The van der Waals surface area contributed by atoms with Gasteiger partial charge in [0.05, 0.1) is 5.52 Å². The highest BCUT2D eigenvalue weighted by atomic mass is 35.5. The summed E-state index contributed by atoms with van der Waals surface area (Å²) >= 11 is 8.23. The van der Waals surface area contributed by atoms with Gasteiger partial charge in [-0.2, -0.15) is 18.3 Å². The van der Waals surface area contributed by atoms with Crippen molar-refractivity contribution in [2.75, 3.05) is 42.7 Å². The minimum absolute atomic E-state index is 0.0408. The summed E-state index contributed by atoms with van der Waals surface area (Å²) in [5.41, 5.74) is 0.563. The Morgan fingerprint density at radius 1 is 1.00 bits per heavy atom. The van der Waals surface area contributed by atoms with E-state index in [4.69, 9.17) is 11.6 Å². The molecular formula is C35H33ClF3N9O2S. The van der Waals surface area contributed by atoms with Gasteiger partial charge in [-0.3, -0.25) is 24.6 Å². The van der Waals surface area contributed by atoms with Crippen molar-refractivity contribution in [3.63, 3.8) is 0 Å². The highest BCUT2D eigenvalue weighted by Gasteiger charge is 2.47. The number of anilines is 2. The van der Waals surface area contributed by atoms with Crippen LogP contribution in [0.2, 0.25) is 0 Å². The number of rotatable bonds is 9. The van der Waals surface area contributed by atoms with Crippen molar-refractivity contribution in [3.05, 3.63) is 79.0 Å². The van der Waals surface area contributed by atoms with Crippen LogP contribution in [0.15, 0.2) is 73.3 Å². The van der Waals surface area contributed by atoms with Crippen LogP contribution in [0, 0.1) is 5.92 Å². The number of aromatic nitrogens is 6. The van der Waals surface area contributed by atoms with Crippen LogP contribution in [0.25, 0.3) is 33.5 Å². The van der Waals surface area contributed by atoms with E-state index >= 15 is 0 Å². The third kappa shape index (κ3) is 7.14. The molecule has 264 valence electrons. The molecule has 1 amide bonds. The van der Waals surface area contributed by atoms with Gasteiger partial charge in [0.15, 0.2) is 11.6 Å². The van der Waals surface area contributed by atoms with Crippen LogP contribution in [-0.2, 0) is 15.8 Å². The zero-order valence-electron chi connectivity index (χ0n) is 27.4. The maximum absolute atomic E-state index is 13.8. The minimum atomic E-state index is -4.60. The van der Waals surface area contributed by atoms with E-state index in [0.29, 0.717) is 67.0 Å². The summed E-state index contributed by atoms with van der Waals surface area (Å²) in [7, 11) is 0. The summed E-state index contributed by atoms with van der Waals surface area (Å²) in [5.74, 6) is 0.948. The van der Waals surface area contributed by atoms with E-state index < -0.39 is 22.1 Å². The number of alkyl halides is 4. The number of hydrogen-bond acceptors (Lipinski definition) is 10. The quantitative estimate of drug-likeness (QED) is 0.131. The topological polar surface area (TPSA) is 133 Å². The number of nitrogens with zero attached hydrogens (tertiary/aromatic N) is 7. The van der Waals surface area contributed by atoms with E-state index in [0.717, 1.165) is 23.6 Å². The predicted molar refractivity (Wildman–Crippen MR) is 190 cm³/mol. The lowest BCUT2D eigenvalue weighted by molar-refractivity contribution is -0.141. The van der Waals surface area contributed by atoms with Crippen LogP contribution in [0.5, 0.6) is 0 Å². The van der Waals surface area contributed by atoms with Gasteiger partial charge in [0.2, 0.25) is 5.91 Å². The summed E-state index contributed by atoms with van der Waals surface area (Å²) in [6, 6.07) is 13.1. The number of amides is 1. The molecule has 51 heavy (non-hydrogen) atoms. The summed E-state index contributed by atoms with van der Waals surface area (Å²) in [6.45, 7) is 2.09. The molecule has 4 aromatic heterocycles. The minimum Gasteiger partial charge on any atom is -0.357 e. The van der Waals surface area contributed by atoms with Crippen LogP contribution in [0.4, 0.5) is 24.7 Å². The number of ketones is 1. The number of aromatic amines is 1. The van der Waals surface area contributed by atoms with Crippen LogP contribution < -0.4 is 10.2 Å². The van der Waals surface area contributed by atoms with Crippen LogP contribution in [0.1, 0.15) is 25.0 Å². The molecule has 7 rings (SSSR count). The number of likely N-dealkylation sites (tertiary alicyclic amines) is 1. The van der Waals surface area contributed by atoms with Crippen molar-refractivity contribution in [3.8, 4) is 22.6 Å². The molecule has 0 saturated carbocycles. The maximum atomic E-state index is 13.8. The molecule has 5 aromatic rings. The van der Waals surface area contributed by atoms with Crippen LogP contribution in [-0.4, -0.2) is 89.4 Å². The van der Waals surface area contributed by atoms with Crippen molar-refractivity contribution in [2.45, 2.75) is 35.7 Å². The van der Waals surface area contributed by atoms with E-state index in [1.807, 2.05) is 23.3 Å². The molecule has 0 aliphatic carbocycles. The molecule has 1 aromatic carbocycles. The Hall–Kier alpha value is -4.60. The molecule has 2 fully saturated rings. The number of halogens is 4. The van der Waals surface area contributed by atoms with Gasteiger partial charge in [0.25, 0.3) is 0 Å². The summed E-state index contributed by atoms with van der Waals surface area (Å²) < 4.78 is 39.1. The fraction of sp³-hybridized carbons (Fsp3) is 0.343. The molecule has 1 unspecified atom stereocenters. The highest BCUT2D eigenvalue weighted by molar-refractivity contribution is 8.00. The fourth-order valence-corrected chi connectivity index (χ4v) is 7.83. The first-order chi connectivity index (χ1) is 24.5. The predicted octanol–water partition coefficient (Wildman–Crippen LogP) is 6.29. The molecule has 11 nitrogen and oxygen atoms in total. The van der Waals surface area contributed by atoms with Crippen molar-refractivity contribution in [2.24, 2.45) is 5.92 Å². The van der Waals surface area contributed by atoms with Gasteiger partial charge >= 0.3 is 6.18 Å². The molecule has 2 saturated heterocycles. The van der Waals surface area contributed by atoms with Crippen molar-refractivity contribution < 1.29 is 22.8 Å². The number of pyridine rings is 2. The largest absolute Gasteiger partial charge is 0.433 e. The summed E-state index contributed by atoms with van der Waals surface area (Å²) in [4.78, 5) is 48.0. The number of Topliss-reactive ketones (excluding diaryl/α,β-unsaturated/α-hetero) is 1. The third-order valence-corrected chi connectivity index (χ3v) is 11.4. The van der Waals surface area contributed by atoms with Gasteiger partial charge in [-0.15, -0.1) is 11.8 Å². The van der Waals surface area contributed by atoms with E-state index in [-0.39, 0.29) is 29.7 Å². The Bertz CT molecular complexity index is 2040. The third-order valence-electron chi connectivity index (χ3n) is 9.56. The molecule has 2 N–H and O–H groups in total. The van der Waals surface area contributed by atoms with Gasteiger partial charge in [0, 0.05) is 79.1 Å². The van der Waals surface area contributed by atoms with Crippen molar-refractivity contribution >= 4 is 57.5 Å². The SMILES string of the molecule is CS[C@@]1(C(=O)Nc2ccc3[nH]nc(-c4ccnc(C(F)(F)F)c4)c3c2)CCN(C(Cl)C(=O)C2CCN(c3ccc(-c4ncccn4)cn3)CC2)C1. The summed E-state index contributed by atoms with van der Waals surface area (Å²) in [5, 5.41) is 10.6. The fourth-order valence-electron chi connectivity index (χ4n) is 6.66. The first kappa shape index (κ1) is 34.8. The van der Waals surface area contributed by atoms with E-state index in [1.165, 1.54) is 17.8 Å². The van der Waals surface area contributed by atoms with Crippen molar-refractivity contribution in [1.82, 2.24) is 35.0 Å². The number of thioether (sulfide) groups is 1.